The first kappa shape index (κ1) is 12.8. The van der Waals surface area contributed by atoms with Crippen molar-refractivity contribution in [2.45, 2.75) is 40.0 Å². The van der Waals surface area contributed by atoms with Crippen molar-refractivity contribution in [1.29, 1.82) is 0 Å². The van der Waals surface area contributed by atoms with E-state index in [0.29, 0.717) is 0 Å². The van der Waals surface area contributed by atoms with Crippen LogP contribution >= 0.6 is 0 Å². The van der Waals surface area contributed by atoms with E-state index in [9.17, 15) is 4.79 Å². The van der Waals surface area contributed by atoms with Crippen LogP contribution in [0.15, 0.2) is 24.3 Å². The van der Waals surface area contributed by atoms with Gasteiger partial charge >= 0.3 is 0 Å². The van der Waals surface area contributed by atoms with E-state index in [-0.39, 0.29) is 11.8 Å². The monoisotopic (exact) mass is 219 g/mol. The molecule has 0 unspecified atom stereocenters. The first-order valence-corrected chi connectivity index (χ1v) is 6.07. The summed E-state index contributed by atoms with van der Waals surface area (Å²) < 4.78 is 0. The molecule has 0 aliphatic carbocycles. The van der Waals surface area contributed by atoms with E-state index >= 15 is 0 Å². The van der Waals surface area contributed by atoms with Crippen molar-refractivity contribution >= 4 is 11.6 Å². The Bertz CT molecular complexity index is 329. The highest BCUT2D eigenvalue weighted by Gasteiger charge is 2.11. The lowest BCUT2D eigenvalue weighted by Gasteiger charge is -2.11. The molecule has 0 aliphatic rings. The zero-order valence-electron chi connectivity index (χ0n) is 10.4. The van der Waals surface area contributed by atoms with Gasteiger partial charge in [0.05, 0.1) is 0 Å². The summed E-state index contributed by atoms with van der Waals surface area (Å²) in [6.45, 7) is 6.19. The van der Waals surface area contributed by atoms with E-state index in [4.69, 9.17) is 0 Å². The maximum Gasteiger partial charge on any atom is 0.227 e. The summed E-state index contributed by atoms with van der Waals surface area (Å²) in [5.74, 6) is 0.210. The van der Waals surface area contributed by atoms with Gasteiger partial charge in [0.1, 0.15) is 0 Å². The third kappa shape index (κ3) is 3.69. The van der Waals surface area contributed by atoms with Crippen LogP contribution in [0.2, 0.25) is 0 Å². The fourth-order valence-corrected chi connectivity index (χ4v) is 1.65. The van der Waals surface area contributed by atoms with Crippen molar-refractivity contribution < 1.29 is 4.79 Å². The Hall–Kier alpha value is -1.31. The second-order valence-corrected chi connectivity index (χ2v) is 4.23. The van der Waals surface area contributed by atoms with Gasteiger partial charge in [-0.1, -0.05) is 39.3 Å². The second kappa shape index (κ2) is 6.31. The topological polar surface area (TPSA) is 29.1 Å². The van der Waals surface area contributed by atoms with Gasteiger partial charge in [0.25, 0.3) is 0 Å². The Morgan fingerprint density at radius 1 is 1.25 bits per heavy atom. The number of hydrogen-bond acceptors (Lipinski definition) is 1. The van der Waals surface area contributed by atoms with Crippen molar-refractivity contribution in [3.63, 3.8) is 0 Å². The molecule has 1 aromatic carbocycles. The molecule has 0 spiro atoms. The molecule has 1 rings (SSSR count). The summed E-state index contributed by atoms with van der Waals surface area (Å²) in [5, 5.41) is 2.94. The molecule has 2 nitrogen and oxygen atoms in total. The molecule has 1 atom stereocenters. The average Bonchev–Trinajstić information content (AvgIpc) is 2.30. The SMILES string of the molecule is CCC[C@H](C)C(=O)Nc1ccc(CC)cc1. The van der Waals surface area contributed by atoms with E-state index in [1.54, 1.807) is 0 Å². The van der Waals surface area contributed by atoms with E-state index in [1.165, 1.54) is 5.56 Å². The number of carbonyl (C=O) groups is 1. The molecule has 0 bridgehead atoms. The highest BCUT2D eigenvalue weighted by Crippen LogP contribution is 2.13. The van der Waals surface area contributed by atoms with E-state index in [2.05, 4.69) is 31.3 Å². The minimum absolute atomic E-state index is 0.0934. The number of anilines is 1. The van der Waals surface area contributed by atoms with Crippen molar-refractivity contribution in [1.82, 2.24) is 0 Å². The lowest BCUT2D eigenvalue weighted by Crippen LogP contribution is -2.20. The third-order valence-corrected chi connectivity index (χ3v) is 2.80. The van der Waals surface area contributed by atoms with Crippen LogP contribution in [-0.4, -0.2) is 5.91 Å². The van der Waals surface area contributed by atoms with Crippen LogP contribution in [0.1, 0.15) is 39.2 Å². The zero-order chi connectivity index (χ0) is 12.0. The Morgan fingerprint density at radius 3 is 2.38 bits per heavy atom. The highest BCUT2D eigenvalue weighted by atomic mass is 16.1. The molecular weight excluding hydrogens is 198 g/mol. The minimum Gasteiger partial charge on any atom is -0.326 e. The summed E-state index contributed by atoms with van der Waals surface area (Å²) in [7, 11) is 0. The number of benzene rings is 1. The standard InChI is InChI=1S/C14H21NO/c1-4-6-11(3)14(16)15-13-9-7-12(5-2)8-10-13/h7-11H,4-6H2,1-3H3,(H,15,16)/t11-/m0/s1. The van der Waals surface area contributed by atoms with Crippen molar-refractivity contribution in [2.75, 3.05) is 5.32 Å². The van der Waals surface area contributed by atoms with Crippen LogP contribution in [-0.2, 0) is 11.2 Å². The number of rotatable bonds is 5. The maximum absolute atomic E-state index is 11.7. The fraction of sp³-hybridized carbons (Fsp3) is 0.500. The predicted molar refractivity (Wildman–Crippen MR) is 68.5 cm³/mol. The molecular formula is C14H21NO. The van der Waals surface area contributed by atoms with E-state index < -0.39 is 0 Å². The molecule has 2 heteroatoms. The molecule has 0 heterocycles. The quantitative estimate of drug-likeness (QED) is 0.805. The third-order valence-electron chi connectivity index (χ3n) is 2.80. The highest BCUT2D eigenvalue weighted by molar-refractivity contribution is 5.92. The Labute approximate surface area is 98.1 Å². The van der Waals surface area contributed by atoms with Crippen LogP contribution in [0.25, 0.3) is 0 Å². The van der Waals surface area contributed by atoms with Crippen molar-refractivity contribution in [2.24, 2.45) is 5.92 Å². The van der Waals surface area contributed by atoms with Gasteiger partial charge in [-0.05, 0) is 30.5 Å². The lowest BCUT2D eigenvalue weighted by molar-refractivity contribution is -0.119. The molecule has 0 aliphatic heterocycles. The Morgan fingerprint density at radius 2 is 1.88 bits per heavy atom. The van der Waals surface area contributed by atoms with Crippen LogP contribution in [0.4, 0.5) is 5.69 Å². The Kier molecular flexibility index (Phi) is 5.03. The van der Waals surface area contributed by atoms with Gasteiger partial charge in [-0.2, -0.15) is 0 Å². The number of aryl methyl sites for hydroxylation is 1. The zero-order valence-corrected chi connectivity index (χ0v) is 10.4. The fourth-order valence-electron chi connectivity index (χ4n) is 1.65. The molecule has 0 saturated carbocycles. The second-order valence-electron chi connectivity index (χ2n) is 4.23. The summed E-state index contributed by atoms with van der Waals surface area (Å²) in [6, 6.07) is 8.05. The molecule has 0 saturated heterocycles. The lowest BCUT2D eigenvalue weighted by atomic mass is 10.1. The van der Waals surface area contributed by atoms with Crippen molar-refractivity contribution in [3.8, 4) is 0 Å². The van der Waals surface area contributed by atoms with Gasteiger partial charge in [0, 0.05) is 11.6 Å². The van der Waals surface area contributed by atoms with Gasteiger partial charge in [-0.15, -0.1) is 0 Å². The average molecular weight is 219 g/mol. The van der Waals surface area contributed by atoms with Gasteiger partial charge < -0.3 is 5.32 Å². The molecule has 1 N–H and O–H groups in total. The minimum atomic E-state index is 0.0934. The van der Waals surface area contributed by atoms with Crippen LogP contribution in [0.3, 0.4) is 0 Å². The first-order chi connectivity index (χ1) is 7.67. The smallest absolute Gasteiger partial charge is 0.227 e. The summed E-state index contributed by atoms with van der Waals surface area (Å²) >= 11 is 0. The number of nitrogens with one attached hydrogen (secondary N) is 1. The predicted octanol–water partition coefficient (Wildman–Crippen LogP) is 3.62. The number of amides is 1. The van der Waals surface area contributed by atoms with E-state index in [1.807, 2.05) is 19.1 Å². The normalized spacial score (nSPS) is 12.2. The van der Waals surface area contributed by atoms with Gasteiger partial charge in [-0.3, -0.25) is 4.79 Å². The van der Waals surface area contributed by atoms with Gasteiger partial charge in [0.15, 0.2) is 0 Å². The van der Waals surface area contributed by atoms with Gasteiger partial charge in [-0.25, -0.2) is 0 Å². The summed E-state index contributed by atoms with van der Waals surface area (Å²) in [4.78, 5) is 11.7. The molecule has 1 amide bonds. The largest absolute Gasteiger partial charge is 0.326 e. The number of carbonyl (C=O) groups excluding carboxylic acids is 1. The molecule has 88 valence electrons. The molecule has 1 aromatic rings. The first-order valence-electron chi connectivity index (χ1n) is 6.07. The van der Waals surface area contributed by atoms with Crippen LogP contribution < -0.4 is 5.32 Å². The maximum atomic E-state index is 11.7. The van der Waals surface area contributed by atoms with Crippen molar-refractivity contribution in [3.05, 3.63) is 29.8 Å². The summed E-state index contributed by atoms with van der Waals surface area (Å²) in [5.41, 5.74) is 2.18. The molecule has 0 fully saturated rings. The molecule has 0 radical (unpaired) electrons. The summed E-state index contributed by atoms with van der Waals surface area (Å²) in [6.07, 6.45) is 3.02. The number of hydrogen-bond donors (Lipinski definition) is 1. The molecule has 16 heavy (non-hydrogen) atoms. The van der Waals surface area contributed by atoms with E-state index in [0.717, 1.165) is 24.9 Å². The van der Waals surface area contributed by atoms with Crippen LogP contribution in [0, 0.1) is 5.92 Å². The molecule has 0 aromatic heterocycles. The van der Waals surface area contributed by atoms with Gasteiger partial charge in [0.2, 0.25) is 5.91 Å². The Balaban J connectivity index is 2.55. The van der Waals surface area contributed by atoms with Crippen LogP contribution in [0.5, 0.6) is 0 Å².